The number of nitrogens with zero attached hydrogens (tertiary/aromatic N) is 3. The van der Waals surface area contributed by atoms with E-state index in [0.717, 1.165) is 5.56 Å². The summed E-state index contributed by atoms with van der Waals surface area (Å²) in [6, 6.07) is 6.39. The van der Waals surface area contributed by atoms with Crippen molar-refractivity contribution in [1.29, 1.82) is 0 Å². The van der Waals surface area contributed by atoms with Crippen LogP contribution in [0, 0.1) is 6.92 Å². The Morgan fingerprint density at radius 2 is 2.04 bits per heavy atom. The summed E-state index contributed by atoms with van der Waals surface area (Å²) >= 11 is 0. The number of sulfonamides is 1. The fraction of sp³-hybridized carbons (Fsp3) is 0.438. The monoisotopic (exact) mass is 414 g/mol. The van der Waals surface area contributed by atoms with Crippen LogP contribution in [0.5, 0.6) is 0 Å². The number of aryl methyl sites for hydroxylation is 1. The van der Waals surface area contributed by atoms with Crippen LogP contribution in [0.1, 0.15) is 23.7 Å². The summed E-state index contributed by atoms with van der Waals surface area (Å²) in [5, 5.41) is 13.8. The lowest BCUT2D eigenvalue weighted by molar-refractivity contribution is -0.122. The first kappa shape index (κ1) is 21.3. The van der Waals surface area contributed by atoms with Crippen molar-refractivity contribution in [1.82, 2.24) is 30.3 Å². The van der Waals surface area contributed by atoms with Gasteiger partial charge in [0, 0.05) is 13.6 Å². The molecule has 9 nitrogen and oxygen atoms in total. The molecular weight excluding hydrogens is 392 g/mol. The van der Waals surface area contributed by atoms with Crippen molar-refractivity contribution in [2.75, 3.05) is 13.6 Å². The molecule has 11 heteroatoms. The third-order valence-corrected chi connectivity index (χ3v) is 5.79. The summed E-state index contributed by atoms with van der Waals surface area (Å²) in [6.45, 7) is 2.56. The molecule has 0 aliphatic carbocycles. The predicted molar refractivity (Wildman–Crippen MR) is 102 cm³/mol. The molecule has 0 spiro atoms. The lowest BCUT2D eigenvalue weighted by atomic mass is 10.1. The van der Waals surface area contributed by atoms with Crippen LogP contribution in [0.2, 0.25) is 0 Å². The van der Waals surface area contributed by atoms with Gasteiger partial charge in [-0.05, 0) is 25.5 Å². The van der Waals surface area contributed by atoms with Crippen LogP contribution in [0.15, 0.2) is 35.4 Å². The van der Waals surface area contributed by atoms with Crippen molar-refractivity contribution in [3.05, 3.63) is 41.7 Å². The number of likely N-dealkylation sites (N-methyl/N-ethyl adjacent to an activating group) is 1. The Morgan fingerprint density at radius 3 is 2.70 bits per heavy atom. The molecule has 3 rings (SSSR count). The Morgan fingerprint density at radius 1 is 1.33 bits per heavy atom. The zero-order chi connectivity index (χ0) is 18.7. The summed E-state index contributed by atoms with van der Waals surface area (Å²) in [5.41, 5.74) is 1.51. The number of rotatable bonds is 6. The van der Waals surface area contributed by atoms with Gasteiger partial charge in [0.2, 0.25) is 15.9 Å². The van der Waals surface area contributed by atoms with E-state index in [1.807, 2.05) is 6.92 Å². The summed E-state index contributed by atoms with van der Waals surface area (Å²) in [6.07, 6.45) is 2.31. The van der Waals surface area contributed by atoms with E-state index in [1.54, 1.807) is 42.2 Å². The molecule has 1 fully saturated rings. The average molecular weight is 415 g/mol. The largest absolute Gasteiger partial charge is 0.358 e. The van der Waals surface area contributed by atoms with Crippen molar-refractivity contribution in [3.63, 3.8) is 0 Å². The Labute approximate surface area is 164 Å². The van der Waals surface area contributed by atoms with E-state index in [9.17, 15) is 13.2 Å². The molecular formula is C16H23ClN6O3S. The molecule has 1 saturated heterocycles. The smallest absolute Gasteiger partial charge is 0.240 e. The summed E-state index contributed by atoms with van der Waals surface area (Å²) in [7, 11) is -2.00. The Kier molecular flexibility index (Phi) is 6.93. The number of carbonyl (C=O) groups is 1. The standard InChI is InChI=1S/C16H22N6O3S.ClH/c1-11-3-5-14(6-4-11)26(24,25)19-8-12-10-22(21-20-12)13-7-15(18-9-13)16(23)17-2;/h3-6,10,13,15,18-19H,7-9H2,1-2H3,(H,17,23);1H/t13-,15+;/m1./s1. The third kappa shape index (κ3) is 5.04. The maximum atomic E-state index is 12.3. The van der Waals surface area contributed by atoms with Crippen molar-refractivity contribution in [2.45, 2.75) is 36.9 Å². The summed E-state index contributed by atoms with van der Waals surface area (Å²) < 4.78 is 28.8. The molecule has 3 N–H and O–H groups in total. The first-order valence-electron chi connectivity index (χ1n) is 8.31. The second-order valence-electron chi connectivity index (χ2n) is 6.29. The van der Waals surface area contributed by atoms with Crippen molar-refractivity contribution in [3.8, 4) is 0 Å². The highest BCUT2D eigenvalue weighted by molar-refractivity contribution is 7.89. The molecule has 148 valence electrons. The quantitative estimate of drug-likeness (QED) is 0.618. The molecule has 0 bridgehead atoms. The molecule has 1 aromatic carbocycles. The minimum Gasteiger partial charge on any atom is -0.358 e. The third-order valence-electron chi connectivity index (χ3n) is 4.38. The van der Waals surface area contributed by atoms with Crippen LogP contribution in [-0.4, -0.2) is 49.0 Å². The van der Waals surface area contributed by atoms with Crippen LogP contribution in [0.3, 0.4) is 0 Å². The van der Waals surface area contributed by atoms with E-state index in [0.29, 0.717) is 18.7 Å². The van der Waals surface area contributed by atoms with Crippen molar-refractivity contribution in [2.24, 2.45) is 0 Å². The second kappa shape index (κ2) is 8.79. The maximum Gasteiger partial charge on any atom is 0.240 e. The van der Waals surface area contributed by atoms with Crippen LogP contribution in [0.25, 0.3) is 0 Å². The first-order valence-corrected chi connectivity index (χ1v) is 9.79. The number of hydrogen-bond donors (Lipinski definition) is 3. The van der Waals surface area contributed by atoms with Gasteiger partial charge in [0.05, 0.1) is 35.4 Å². The first-order chi connectivity index (χ1) is 12.4. The molecule has 0 radical (unpaired) electrons. The maximum absolute atomic E-state index is 12.3. The second-order valence-corrected chi connectivity index (χ2v) is 8.06. The summed E-state index contributed by atoms with van der Waals surface area (Å²) in [4.78, 5) is 11.9. The fourth-order valence-corrected chi connectivity index (χ4v) is 3.83. The van der Waals surface area contributed by atoms with Gasteiger partial charge >= 0.3 is 0 Å². The van der Waals surface area contributed by atoms with E-state index >= 15 is 0 Å². The van der Waals surface area contributed by atoms with Gasteiger partial charge in [0.25, 0.3) is 0 Å². The number of carbonyl (C=O) groups excluding carboxylic acids is 1. The Bertz CT molecular complexity index is 884. The highest BCUT2D eigenvalue weighted by Crippen LogP contribution is 2.19. The molecule has 1 aliphatic rings. The SMILES string of the molecule is CNC(=O)[C@@H]1C[C@@H](n2cc(CNS(=O)(=O)c3ccc(C)cc3)nn2)CN1.Cl. The van der Waals surface area contributed by atoms with E-state index in [4.69, 9.17) is 0 Å². The number of halogens is 1. The van der Waals surface area contributed by atoms with Crippen molar-refractivity contribution < 1.29 is 13.2 Å². The van der Waals surface area contributed by atoms with Gasteiger partial charge in [-0.2, -0.15) is 0 Å². The van der Waals surface area contributed by atoms with Gasteiger partial charge in [-0.3, -0.25) is 4.79 Å². The highest BCUT2D eigenvalue weighted by atomic mass is 35.5. The molecule has 0 saturated carbocycles. The van der Waals surface area contributed by atoms with E-state index < -0.39 is 10.0 Å². The fourth-order valence-electron chi connectivity index (χ4n) is 2.84. The molecule has 0 unspecified atom stereocenters. The topological polar surface area (TPSA) is 118 Å². The highest BCUT2D eigenvalue weighted by Gasteiger charge is 2.30. The minimum absolute atomic E-state index is 0. The Balaban J connectivity index is 0.00000261. The van der Waals surface area contributed by atoms with Crippen LogP contribution < -0.4 is 15.4 Å². The van der Waals surface area contributed by atoms with E-state index in [2.05, 4.69) is 25.7 Å². The number of nitrogens with one attached hydrogen (secondary N) is 3. The van der Waals surface area contributed by atoms with Gasteiger partial charge in [0.15, 0.2) is 0 Å². The zero-order valence-corrected chi connectivity index (χ0v) is 16.7. The molecule has 2 heterocycles. The van der Waals surface area contributed by atoms with E-state index in [1.165, 1.54) is 0 Å². The van der Waals surface area contributed by atoms with Crippen LogP contribution in [0.4, 0.5) is 0 Å². The van der Waals surface area contributed by atoms with E-state index in [-0.39, 0.29) is 41.8 Å². The lowest BCUT2D eigenvalue weighted by Crippen LogP contribution is -2.38. The normalized spacial score (nSPS) is 19.5. The molecule has 1 amide bonds. The predicted octanol–water partition coefficient (Wildman–Crippen LogP) is 0.136. The number of benzene rings is 1. The molecule has 1 aromatic heterocycles. The number of aromatic nitrogens is 3. The zero-order valence-electron chi connectivity index (χ0n) is 15.0. The van der Waals surface area contributed by atoms with Gasteiger partial charge in [0.1, 0.15) is 0 Å². The van der Waals surface area contributed by atoms with Crippen LogP contribution >= 0.6 is 12.4 Å². The molecule has 2 atom stereocenters. The van der Waals surface area contributed by atoms with Gasteiger partial charge < -0.3 is 10.6 Å². The molecule has 2 aromatic rings. The Hall–Kier alpha value is -2.01. The minimum atomic E-state index is -3.60. The van der Waals surface area contributed by atoms with Gasteiger partial charge in [-0.1, -0.05) is 22.9 Å². The van der Waals surface area contributed by atoms with Gasteiger partial charge in [-0.15, -0.1) is 17.5 Å². The van der Waals surface area contributed by atoms with Crippen LogP contribution in [-0.2, 0) is 21.4 Å². The number of hydrogen-bond acceptors (Lipinski definition) is 6. The van der Waals surface area contributed by atoms with Gasteiger partial charge in [-0.25, -0.2) is 17.8 Å². The average Bonchev–Trinajstić information content (AvgIpc) is 3.29. The molecule has 27 heavy (non-hydrogen) atoms. The van der Waals surface area contributed by atoms with Crippen molar-refractivity contribution >= 4 is 28.3 Å². The number of amides is 1. The summed E-state index contributed by atoms with van der Waals surface area (Å²) in [5.74, 6) is -0.0568. The lowest BCUT2D eigenvalue weighted by Gasteiger charge is -2.09. The molecule has 1 aliphatic heterocycles.